The molecule has 2 rings (SSSR count). The summed E-state index contributed by atoms with van der Waals surface area (Å²) in [5.41, 5.74) is 6.25. The fourth-order valence-electron chi connectivity index (χ4n) is 2.62. The SMILES string of the molecule is C=C1CCC/C1=C/C1=C(CC)CCC1. The minimum absolute atomic E-state index is 1.22. The molecule has 0 N–H and O–H groups in total. The van der Waals surface area contributed by atoms with Gasteiger partial charge in [0.25, 0.3) is 0 Å². The normalized spacial score (nSPS) is 25.5. The Hall–Kier alpha value is -0.780. The van der Waals surface area contributed by atoms with E-state index in [1.807, 2.05) is 0 Å². The zero-order chi connectivity index (χ0) is 9.97. The first-order valence-electron chi connectivity index (χ1n) is 5.91. The zero-order valence-corrected chi connectivity index (χ0v) is 9.23. The van der Waals surface area contributed by atoms with Crippen LogP contribution in [-0.4, -0.2) is 0 Å². The molecule has 0 heteroatoms. The van der Waals surface area contributed by atoms with Crippen LogP contribution in [0.15, 0.2) is 34.9 Å². The van der Waals surface area contributed by atoms with Gasteiger partial charge in [0.05, 0.1) is 0 Å². The molecule has 1 fully saturated rings. The number of hydrogen-bond donors (Lipinski definition) is 0. The summed E-state index contributed by atoms with van der Waals surface area (Å²) < 4.78 is 0. The van der Waals surface area contributed by atoms with Crippen molar-refractivity contribution in [2.24, 2.45) is 0 Å². The molecule has 0 bridgehead atoms. The first-order valence-corrected chi connectivity index (χ1v) is 5.91. The monoisotopic (exact) mass is 188 g/mol. The molecular weight excluding hydrogens is 168 g/mol. The summed E-state index contributed by atoms with van der Waals surface area (Å²) >= 11 is 0. The van der Waals surface area contributed by atoms with Crippen molar-refractivity contribution in [2.45, 2.75) is 51.9 Å². The largest absolute Gasteiger partial charge is 0.0956 e. The summed E-state index contributed by atoms with van der Waals surface area (Å²) in [6, 6.07) is 0. The summed E-state index contributed by atoms with van der Waals surface area (Å²) in [5, 5.41) is 0. The number of hydrogen-bond acceptors (Lipinski definition) is 0. The van der Waals surface area contributed by atoms with Gasteiger partial charge in [-0.15, -0.1) is 0 Å². The number of allylic oxidation sites excluding steroid dienone is 5. The zero-order valence-electron chi connectivity index (χ0n) is 9.23. The van der Waals surface area contributed by atoms with Gasteiger partial charge in [-0.2, -0.15) is 0 Å². The van der Waals surface area contributed by atoms with Crippen molar-refractivity contribution in [1.29, 1.82) is 0 Å². The first-order chi connectivity index (χ1) is 6.81. The van der Waals surface area contributed by atoms with Crippen LogP contribution in [0.2, 0.25) is 0 Å². The fraction of sp³-hybridized carbons (Fsp3) is 0.571. The van der Waals surface area contributed by atoms with Crippen molar-refractivity contribution in [3.05, 3.63) is 34.9 Å². The lowest BCUT2D eigenvalue weighted by molar-refractivity contribution is 0.876. The summed E-state index contributed by atoms with van der Waals surface area (Å²) in [7, 11) is 0. The van der Waals surface area contributed by atoms with Gasteiger partial charge in [-0.3, -0.25) is 0 Å². The summed E-state index contributed by atoms with van der Waals surface area (Å²) in [4.78, 5) is 0. The molecule has 14 heavy (non-hydrogen) atoms. The molecule has 0 heterocycles. The molecule has 0 unspecified atom stereocenters. The molecular formula is C14H20. The maximum Gasteiger partial charge on any atom is -0.0273 e. The van der Waals surface area contributed by atoms with Crippen molar-refractivity contribution < 1.29 is 0 Å². The van der Waals surface area contributed by atoms with Gasteiger partial charge < -0.3 is 0 Å². The summed E-state index contributed by atoms with van der Waals surface area (Å²) in [5.74, 6) is 0. The van der Waals surface area contributed by atoms with Gasteiger partial charge in [0, 0.05) is 0 Å². The second-order valence-corrected chi connectivity index (χ2v) is 4.46. The first kappa shape index (κ1) is 9.76. The van der Waals surface area contributed by atoms with Crippen LogP contribution in [-0.2, 0) is 0 Å². The van der Waals surface area contributed by atoms with E-state index in [-0.39, 0.29) is 0 Å². The van der Waals surface area contributed by atoms with Gasteiger partial charge in [0.1, 0.15) is 0 Å². The van der Waals surface area contributed by atoms with Gasteiger partial charge in [-0.05, 0) is 56.1 Å². The van der Waals surface area contributed by atoms with E-state index in [1.54, 1.807) is 11.1 Å². The van der Waals surface area contributed by atoms with E-state index in [0.717, 1.165) is 0 Å². The van der Waals surface area contributed by atoms with Crippen LogP contribution in [0.25, 0.3) is 0 Å². The fourth-order valence-corrected chi connectivity index (χ4v) is 2.62. The molecule has 0 amide bonds. The Morgan fingerprint density at radius 1 is 1.14 bits per heavy atom. The Morgan fingerprint density at radius 3 is 2.57 bits per heavy atom. The third-order valence-corrected chi connectivity index (χ3v) is 3.53. The molecule has 2 aliphatic rings. The Kier molecular flexibility index (Phi) is 2.90. The van der Waals surface area contributed by atoms with Crippen molar-refractivity contribution in [3.63, 3.8) is 0 Å². The lowest BCUT2D eigenvalue weighted by Gasteiger charge is -2.02. The summed E-state index contributed by atoms with van der Waals surface area (Å²) in [6.07, 6.45) is 11.5. The van der Waals surface area contributed by atoms with Crippen molar-refractivity contribution in [1.82, 2.24) is 0 Å². The smallest absolute Gasteiger partial charge is 0.0273 e. The molecule has 0 spiro atoms. The van der Waals surface area contributed by atoms with E-state index in [2.05, 4.69) is 19.6 Å². The minimum Gasteiger partial charge on any atom is -0.0956 e. The molecule has 0 saturated heterocycles. The van der Waals surface area contributed by atoms with Gasteiger partial charge >= 0.3 is 0 Å². The minimum atomic E-state index is 1.22. The van der Waals surface area contributed by atoms with E-state index in [1.165, 1.54) is 56.1 Å². The Morgan fingerprint density at radius 2 is 1.93 bits per heavy atom. The maximum absolute atomic E-state index is 4.14. The highest BCUT2D eigenvalue weighted by Gasteiger charge is 2.15. The van der Waals surface area contributed by atoms with Gasteiger partial charge in [-0.1, -0.05) is 30.7 Å². The van der Waals surface area contributed by atoms with Crippen molar-refractivity contribution >= 4 is 0 Å². The molecule has 0 aromatic heterocycles. The highest BCUT2D eigenvalue weighted by molar-refractivity contribution is 5.41. The molecule has 1 saturated carbocycles. The molecule has 0 aliphatic heterocycles. The Balaban J connectivity index is 2.19. The van der Waals surface area contributed by atoms with E-state index in [9.17, 15) is 0 Å². The van der Waals surface area contributed by atoms with Gasteiger partial charge in [0.15, 0.2) is 0 Å². The van der Waals surface area contributed by atoms with Crippen LogP contribution in [0, 0.1) is 0 Å². The van der Waals surface area contributed by atoms with Gasteiger partial charge in [-0.25, -0.2) is 0 Å². The van der Waals surface area contributed by atoms with Crippen LogP contribution >= 0.6 is 0 Å². The van der Waals surface area contributed by atoms with Crippen molar-refractivity contribution in [3.8, 4) is 0 Å². The van der Waals surface area contributed by atoms with Crippen LogP contribution < -0.4 is 0 Å². The van der Waals surface area contributed by atoms with E-state index in [0.29, 0.717) is 0 Å². The van der Waals surface area contributed by atoms with E-state index in [4.69, 9.17) is 0 Å². The summed E-state index contributed by atoms with van der Waals surface area (Å²) in [6.45, 7) is 6.42. The molecule has 76 valence electrons. The highest BCUT2D eigenvalue weighted by Crippen LogP contribution is 2.34. The maximum atomic E-state index is 4.14. The molecule has 2 aliphatic carbocycles. The van der Waals surface area contributed by atoms with Crippen molar-refractivity contribution in [2.75, 3.05) is 0 Å². The van der Waals surface area contributed by atoms with Crippen LogP contribution in [0.3, 0.4) is 0 Å². The van der Waals surface area contributed by atoms with Gasteiger partial charge in [0.2, 0.25) is 0 Å². The predicted molar refractivity (Wildman–Crippen MR) is 62.2 cm³/mol. The Labute approximate surface area is 87.4 Å². The molecule has 0 aromatic rings. The van der Waals surface area contributed by atoms with Crippen LogP contribution in [0.4, 0.5) is 0 Å². The van der Waals surface area contributed by atoms with Crippen LogP contribution in [0.1, 0.15) is 51.9 Å². The highest BCUT2D eigenvalue weighted by atomic mass is 14.2. The average molecular weight is 188 g/mol. The molecule has 0 aromatic carbocycles. The topological polar surface area (TPSA) is 0 Å². The second-order valence-electron chi connectivity index (χ2n) is 4.46. The third-order valence-electron chi connectivity index (χ3n) is 3.53. The average Bonchev–Trinajstić information content (AvgIpc) is 2.77. The lowest BCUT2D eigenvalue weighted by Crippen LogP contribution is -1.82. The predicted octanol–water partition coefficient (Wildman–Crippen LogP) is 4.54. The number of rotatable bonds is 2. The Bertz CT molecular complexity index is 302. The third kappa shape index (κ3) is 1.84. The van der Waals surface area contributed by atoms with E-state index < -0.39 is 0 Å². The van der Waals surface area contributed by atoms with Crippen LogP contribution in [0.5, 0.6) is 0 Å². The lowest BCUT2D eigenvalue weighted by atomic mass is 10.0. The standard InChI is InChI=1S/C14H20/c1-3-12-7-5-9-14(12)10-13-8-4-6-11(13)2/h10H,2-9H2,1H3/b13-10-. The van der Waals surface area contributed by atoms with E-state index >= 15 is 0 Å². The molecule has 0 radical (unpaired) electrons. The molecule has 0 atom stereocenters. The quantitative estimate of drug-likeness (QED) is 0.596. The second kappa shape index (κ2) is 4.16. The molecule has 0 nitrogen and oxygen atoms in total.